The lowest BCUT2D eigenvalue weighted by atomic mass is 9.98. The van der Waals surface area contributed by atoms with E-state index in [4.69, 9.17) is 4.42 Å². The van der Waals surface area contributed by atoms with Crippen LogP contribution in [0.15, 0.2) is 10.5 Å². The molecule has 2 heteroatoms. The molecule has 1 aromatic rings. The topological polar surface area (TPSA) is 25.2 Å². The second-order valence-corrected chi connectivity index (χ2v) is 4.68. The van der Waals surface area contributed by atoms with E-state index in [-0.39, 0.29) is 0 Å². The van der Waals surface area contributed by atoms with Gasteiger partial charge in [0, 0.05) is 11.6 Å². The van der Waals surface area contributed by atoms with Crippen LogP contribution >= 0.6 is 0 Å². The summed E-state index contributed by atoms with van der Waals surface area (Å²) in [6, 6.07) is 2.58. The first-order valence-corrected chi connectivity index (χ1v) is 5.78. The van der Waals surface area contributed by atoms with E-state index >= 15 is 0 Å². The summed E-state index contributed by atoms with van der Waals surface area (Å²) in [6.45, 7) is 8.58. The summed E-state index contributed by atoms with van der Waals surface area (Å²) in [5, 5.41) is 3.37. The molecule has 0 bridgehead atoms. The molecule has 1 aromatic heterocycles. The molecular weight excluding hydrogens is 186 g/mol. The van der Waals surface area contributed by atoms with Gasteiger partial charge in [-0.25, -0.2) is 0 Å². The molecular formula is C13H23NO. The molecule has 2 nitrogen and oxygen atoms in total. The minimum atomic E-state index is 0.435. The van der Waals surface area contributed by atoms with Crippen LogP contribution in [0.4, 0.5) is 0 Å². The Labute approximate surface area is 93.1 Å². The van der Waals surface area contributed by atoms with Crippen molar-refractivity contribution in [1.82, 2.24) is 5.32 Å². The number of rotatable bonds is 5. The number of furan rings is 1. The highest BCUT2D eigenvalue weighted by atomic mass is 16.3. The summed E-state index contributed by atoms with van der Waals surface area (Å²) in [5.74, 6) is 2.82. The summed E-state index contributed by atoms with van der Waals surface area (Å²) in [7, 11) is 2.02. The zero-order chi connectivity index (χ0) is 11.4. The molecule has 0 saturated heterocycles. The van der Waals surface area contributed by atoms with Crippen molar-refractivity contribution in [2.45, 2.75) is 46.6 Å². The van der Waals surface area contributed by atoms with Crippen molar-refractivity contribution in [3.8, 4) is 0 Å². The van der Waals surface area contributed by atoms with Crippen LogP contribution in [0, 0.1) is 19.8 Å². The van der Waals surface area contributed by atoms with Crippen molar-refractivity contribution >= 4 is 0 Å². The van der Waals surface area contributed by atoms with Gasteiger partial charge in [0.1, 0.15) is 11.5 Å². The van der Waals surface area contributed by atoms with Gasteiger partial charge < -0.3 is 9.73 Å². The molecule has 0 aliphatic heterocycles. The summed E-state index contributed by atoms with van der Waals surface area (Å²) in [5.41, 5.74) is 1.32. The largest absolute Gasteiger partial charge is 0.466 e. The number of hydrogen-bond donors (Lipinski definition) is 1. The molecule has 15 heavy (non-hydrogen) atoms. The van der Waals surface area contributed by atoms with Gasteiger partial charge in [0.05, 0.1) is 0 Å². The van der Waals surface area contributed by atoms with Crippen LogP contribution < -0.4 is 5.32 Å². The third-order valence-corrected chi connectivity index (χ3v) is 2.84. The van der Waals surface area contributed by atoms with Crippen LogP contribution in [0.5, 0.6) is 0 Å². The van der Waals surface area contributed by atoms with Crippen molar-refractivity contribution in [1.29, 1.82) is 0 Å². The lowest BCUT2D eigenvalue weighted by Gasteiger charge is -2.16. The first-order valence-electron chi connectivity index (χ1n) is 5.78. The molecule has 1 N–H and O–H groups in total. The van der Waals surface area contributed by atoms with Crippen molar-refractivity contribution in [2.24, 2.45) is 5.92 Å². The molecule has 0 spiro atoms. The van der Waals surface area contributed by atoms with E-state index in [1.807, 2.05) is 20.9 Å². The summed E-state index contributed by atoms with van der Waals surface area (Å²) >= 11 is 0. The van der Waals surface area contributed by atoms with Crippen LogP contribution in [0.25, 0.3) is 0 Å². The highest BCUT2D eigenvalue weighted by Gasteiger charge is 2.15. The second-order valence-electron chi connectivity index (χ2n) is 4.68. The monoisotopic (exact) mass is 209 g/mol. The smallest absolute Gasteiger partial charge is 0.105 e. The molecule has 0 fully saturated rings. The van der Waals surface area contributed by atoms with Gasteiger partial charge in [0.15, 0.2) is 0 Å². The second kappa shape index (κ2) is 5.36. The van der Waals surface area contributed by atoms with Gasteiger partial charge >= 0.3 is 0 Å². The molecule has 1 heterocycles. The molecule has 1 atom stereocenters. The molecule has 0 amide bonds. The minimum absolute atomic E-state index is 0.435. The van der Waals surface area contributed by atoms with E-state index in [2.05, 4.69) is 25.2 Å². The van der Waals surface area contributed by atoms with Crippen LogP contribution in [0.3, 0.4) is 0 Å². The SMILES string of the molecule is CNC(CCC(C)C)c1cc(C)oc1C. The predicted octanol–water partition coefficient (Wildman–Crippen LogP) is 3.59. The molecule has 0 radical (unpaired) electrons. The lowest BCUT2D eigenvalue weighted by Crippen LogP contribution is -2.17. The molecule has 1 rings (SSSR count). The summed E-state index contributed by atoms with van der Waals surface area (Å²) < 4.78 is 5.56. The standard InChI is InChI=1S/C13H23NO/c1-9(2)6-7-13(14-5)12-8-10(3)15-11(12)4/h8-9,13-14H,6-7H2,1-5H3. The van der Waals surface area contributed by atoms with Gasteiger partial charge in [0.25, 0.3) is 0 Å². The Morgan fingerprint density at radius 3 is 2.33 bits per heavy atom. The Bertz CT molecular complexity index is 301. The fourth-order valence-corrected chi connectivity index (χ4v) is 1.95. The fraction of sp³-hybridized carbons (Fsp3) is 0.692. The molecule has 1 unspecified atom stereocenters. The zero-order valence-electron chi connectivity index (χ0n) is 10.6. The number of hydrogen-bond acceptors (Lipinski definition) is 2. The fourth-order valence-electron chi connectivity index (χ4n) is 1.95. The Morgan fingerprint density at radius 2 is 1.93 bits per heavy atom. The Kier molecular flexibility index (Phi) is 4.40. The maximum absolute atomic E-state index is 5.56. The molecule has 0 aliphatic carbocycles. The van der Waals surface area contributed by atoms with Gasteiger partial charge in [-0.3, -0.25) is 0 Å². The summed E-state index contributed by atoms with van der Waals surface area (Å²) in [6.07, 6.45) is 2.42. The van der Waals surface area contributed by atoms with Gasteiger partial charge in [-0.05, 0) is 45.7 Å². The van der Waals surface area contributed by atoms with Crippen molar-refractivity contribution in [3.05, 3.63) is 23.2 Å². The average Bonchev–Trinajstić information content (AvgIpc) is 2.46. The van der Waals surface area contributed by atoms with Crippen molar-refractivity contribution in [3.63, 3.8) is 0 Å². The van der Waals surface area contributed by atoms with Gasteiger partial charge in [-0.2, -0.15) is 0 Å². The van der Waals surface area contributed by atoms with E-state index in [0.29, 0.717) is 6.04 Å². The van der Waals surface area contributed by atoms with E-state index in [1.165, 1.54) is 18.4 Å². The van der Waals surface area contributed by atoms with Crippen molar-refractivity contribution < 1.29 is 4.42 Å². The lowest BCUT2D eigenvalue weighted by molar-refractivity contribution is 0.450. The quantitative estimate of drug-likeness (QED) is 0.801. The number of aryl methyl sites for hydroxylation is 2. The van der Waals surface area contributed by atoms with E-state index in [0.717, 1.165) is 17.4 Å². The van der Waals surface area contributed by atoms with Crippen LogP contribution in [0.1, 0.15) is 49.8 Å². The van der Waals surface area contributed by atoms with E-state index in [1.54, 1.807) is 0 Å². The Morgan fingerprint density at radius 1 is 1.27 bits per heavy atom. The first kappa shape index (κ1) is 12.3. The molecule has 86 valence electrons. The Balaban J connectivity index is 2.69. The van der Waals surface area contributed by atoms with Crippen molar-refractivity contribution in [2.75, 3.05) is 7.05 Å². The summed E-state index contributed by atoms with van der Waals surface area (Å²) in [4.78, 5) is 0. The van der Waals surface area contributed by atoms with Gasteiger partial charge in [-0.15, -0.1) is 0 Å². The normalized spacial score (nSPS) is 13.5. The van der Waals surface area contributed by atoms with E-state index < -0.39 is 0 Å². The van der Waals surface area contributed by atoms with Gasteiger partial charge in [-0.1, -0.05) is 13.8 Å². The predicted molar refractivity (Wildman–Crippen MR) is 64.1 cm³/mol. The molecule has 0 aromatic carbocycles. The highest BCUT2D eigenvalue weighted by Crippen LogP contribution is 2.26. The van der Waals surface area contributed by atoms with Gasteiger partial charge in [0.2, 0.25) is 0 Å². The third kappa shape index (κ3) is 3.38. The van der Waals surface area contributed by atoms with E-state index in [9.17, 15) is 0 Å². The van der Waals surface area contributed by atoms with Crippen LogP contribution in [-0.4, -0.2) is 7.05 Å². The number of nitrogens with one attached hydrogen (secondary N) is 1. The Hall–Kier alpha value is -0.760. The van der Waals surface area contributed by atoms with Crippen LogP contribution in [-0.2, 0) is 0 Å². The minimum Gasteiger partial charge on any atom is -0.466 e. The first-order chi connectivity index (χ1) is 7.04. The zero-order valence-corrected chi connectivity index (χ0v) is 10.6. The van der Waals surface area contributed by atoms with Crippen LogP contribution in [0.2, 0.25) is 0 Å². The average molecular weight is 209 g/mol. The molecule has 0 aliphatic rings. The maximum atomic E-state index is 5.56. The third-order valence-electron chi connectivity index (χ3n) is 2.84. The molecule has 0 saturated carbocycles. The highest BCUT2D eigenvalue weighted by molar-refractivity contribution is 5.23. The maximum Gasteiger partial charge on any atom is 0.105 e.